The first kappa shape index (κ1) is 17.0. The molecule has 0 spiro atoms. The Bertz CT molecular complexity index is 1090. The van der Waals surface area contributed by atoms with Crippen LogP contribution >= 0.6 is 0 Å². The molecular formula is C20H14N2O4. The number of benzene rings is 2. The summed E-state index contributed by atoms with van der Waals surface area (Å²) in [5.41, 5.74) is -0.0121. The molecule has 0 aliphatic carbocycles. The normalized spacial score (nSPS) is 10.1. The third-order valence-corrected chi connectivity index (χ3v) is 3.66. The van der Waals surface area contributed by atoms with Crippen LogP contribution in [0.25, 0.3) is 11.0 Å². The van der Waals surface area contributed by atoms with E-state index in [4.69, 9.17) is 10.8 Å². The molecule has 0 saturated heterocycles. The smallest absolute Gasteiger partial charge is 0.349 e. The van der Waals surface area contributed by atoms with Gasteiger partial charge in [-0.05, 0) is 24.3 Å². The van der Waals surface area contributed by atoms with Gasteiger partial charge in [-0.15, -0.1) is 6.42 Å². The maximum Gasteiger partial charge on any atom is 0.349 e. The Morgan fingerprint density at radius 2 is 1.73 bits per heavy atom. The number of hydrogen-bond acceptors (Lipinski definition) is 4. The summed E-state index contributed by atoms with van der Waals surface area (Å²) in [5.74, 6) is 1.21. The summed E-state index contributed by atoms with van der Waals surface area (Å²) < 4.78 is 5.16. The van der Waals surface area contributed by atoms with Crippen LogP contribution in [0.1, 0.15) is 20.7 Å². The number of carbonyl (C=O) groups excluding carboxylic acids is 2. The lowest BCUT2D eigenvalue weighted by atomic mass is 10.1. The molecule has 128 valence electrons. The minimum Gasteiger partial charge on any atom is -0.422 e. The van der Waals surface area contributed by atoms with Crippen LogP contribution in [-0.2, 0) is 0 Å². The van der Waals surface area contributed by atoms with Crippen LogP contribution in [0.15, 0.2) is 63.8 Å². The van der Waals surface area contributed by atoms with E-state index in [1.807, 2.05) is 0 Å². The molecule has 2 N–H and O–H groups in total. The van der Waals surface area contributed by atoms with Crippen LogP contribution in [0, 0.1) is 12.3 Å². The van der Waals surface area contributed by atoms with E-state index >= 15 is 0 Å². The number of terminal acetylenes is 1. The molecular weight excluding hydrogens is 332 g/mol. The van der Waals surface area contributed by atoms with Gasteiger partial charge in [0.05, 0.1) is 17.8 Å². The van der Waals surface area contributed by atoms with E-state index in [-0.39, 0.29) is 23.4 Å². The topological polar surface area (TPSA) is 88.4 Å². The number of nitrogens with one attached hydrogen (secondary N) is 2. The van der Waals surface area contributed by atoms with E-state index in [2.05, 4.69) is 16.6 Å². The Balaban J connectivity index is 1.92. The molecule has 0 atom stereocenters. The van der Waals surface area contributed by atoms with Crippen molar-refractivity contribution in [2.75, 3.05) is 11.9 Å². The standard InChI is InChI=1S/C20H14N2O4/c1-2-11-21-18(23)14-8-4-5-9-16(14)22-19(24)15-12-13-7-3-6-10-17(13)26-20(15)25/h1,3-10,12H,11H2,(H,21,23)(H,22,24). The number of carbonyl (C=O) groups is 2. The van der Waals surface area contributed by atoms with Crippen LogP contribution in [-0.4, -0.2) is 18.4 Å². The fraction of sp³-hybridized carbons (Fsp3) is 0.0500. The van der Waals surface area contributed by atoms with Crippen LogP contribution in [0.2, 0.25) is 0 Å². The summed E-state index contributed by atoms with van der Waals surface area (Å²) in [4.78, 5) is 36.8. The maximum absolute atomic E-state index is 12.5. The zero-order valence-corrected chi connectivity index (χ0v) is 13.6. The first-order valence-electron chi connectivity index (χ1n) is 7.75. The van der Waals surface area contributed by atoms with E-state index in [0.29, 0.717) is 11.0 Å². The lowest BCUT2D eigenvalue weighted by Crippen LogP contribution is -2.26. The van der Waals surface area contributed by atoms with E-state index in [0.717, 1.165) is 0 Å². The highest BCUT2D eigenvalue weighted by molar-refractivity contribution is 6.09. The molecule has 3 rings (SSSR count). The summed E-state index contributed by atoms with van der Waals surface area (Å²) in [5, 5.41) is 5.73. The minimum absolute atomic E-state index is 0.0649. The number of rotatable bonds is 4. The summed E-state index contributed by atoms with van der Waals surface area (Å²) >= 11 is 0. The third-order valence-electron chi connectivity index (χ3n) is 3.66. The first-order valence-corrected chi connectivity index (χ1v) is 7.75. The summed E-state index contributed by atoms with van der Waals surface area (Å²) in [6.07, 6.45) is 5.13. The van der Waals surface area contributed by atoms with Crippen LogP contribution in [0.4, 0.5) is 5.69 Å². The molecule has 6 nitrogen and oxygen atoms in total. The van der Waals surface area contributed by atoms with Gasteiger partial charge in [-0.3, -0.25) is 9.59 Å². The largest absolute Gasteiger partial charge is 0.422 e. The number of anilines is 1. The van der Waals surface area contributed by atoms with Crippen LogP contribution < -0.4 is 16.3 Å². The molecule has 0 aliphatic heterocycles. The predicted octanol–water partition coefficient (Wildman–Crippen LogP) is 2.41. The molecule has 26 heavy (non-hydrogen) atoms. The molecule has 3 aromatic rings. The second kappa shape index (κ2) is 7.36. The van der Waals surface area contributed by atoms with E-state index < -0.39 is 17.4 Å². The number of amides is 2. The van der Waals surface area contributed by atoms with Crippen molar-refractivity contribution in [3.8, 4) is 12.3 Å². The lowest BCUT2D eigenvalue weighted by molar-refractivity contribution is 0.0959. The van der Waals surface area contributed by atoms with Crippen molar-refractivity contribution in [2.45, 2.75) is 0 Å². The van der Waals surface area contributed by atoms with E-state index in [9.17, 15) is 14.4 Å². The SMILES string of the molecule is C#CCNC(=O)c1ccccc1NC(=O)c1cc2ccccc2oc1=O. The maximum atomic E-state index is 12.5. The summed E-state index contributed by atoms with van der Waals surface area (Å²) in [6, 6.07) is 14.8. The average Bonchev–Trinajstić information content (AvgIpc) is 2.65. The molecule has 6 heteroatoms. The van der Waals surface area contributed by atoms with Crippen molar-refractivity contribution in [3.05, 3.63) is 76.1 Å². The molecule has 2 aromatic carbocycles. The molecule has 0 radical (unpaired) electrons. The number of para-hydroxylation sites is 2. The van der Waals surface area contributed by atoms with Crippen molar-refractivity contribution in [1.82, 2.24) is 5.32 Å². The highest BCUT2D eigenvalue weighted by atomic mass is 16.4. The Morgan fingerprint density at radius 3 is 2.54 bits per heavy atom. The lowest BCUT2D eigenvalue weighted by Gasteiger charge is -2.10. The molecule has 0 saturated carbocycles. The van der Waals surface area contributed by atoms with Crippen molar-refractivity contribution in [1.29, 1.82) is 0 Å². The number of fused-ring (bicyclic) bond motifs is 1. The van der Waals surface area contributed by atoms with Gasteiger partial charge in [-0.1, -0.05) is 36.3 Å². The van der Waals surface area contributed by atoms with Gasteiger partial charge in [0, 0.05) is 5.39 Å². The zero-order chi connectivity index (χ0) is 18.5. The van der Waals surface area contributed by atoms with E-state index in [1.54, 1.807) is 48.5 Å². The van der Waals surface area contributed by atoms with Crippen molar-refractivity contribution in [3.63, 3.8) is 0 Å². The molecule has 0 fully saturated rings. The van der Waals surface area contributed by atoms with Gasteiger partial charge in [0.25, 0.3) is 11.8 Å². The van der Waals surface area contributed by atoms with Crippen molar-refractivity contribution < 1.29 is 14.0 Å². The minimum atomic E-state index is -0.754. The van der Waals surface area contributed by atoms with Crippen molar-refractivity contribution >= 4 is 28.5 Å². The average molecular weight is 346 g/mol. The van der Waals surface area contributed by atoms with Gasteiger partial charge in [-0.2, -0.15) is 0 Å². The summed E-state index contributed by atoms with van der Waals surface area (Å²) in [7, 11) is 0. The molecule has 0 aliphatic rings. The highest BCUT2D eigenvalue weighted by Crippen LogP contribution is 2.17. The molecule has 0 bridgehead atoms. The van der Waals surface area contributed by atoms with Gasteiger partial charge < -0.3 is 15.1 Å². The molecule has 1 aromatic heterocycles. The fourth-order valence-electron chi connectivity index (χ4n) is 2.43. The van der Waals surface area contributed by atoms with Gasteiger partial charge in [0.1, 0.15) is 11.1 Å². The molecule has 2 amide bonds. The van der Waals surface area contributed by atoms with E-state index in [1.165, 1.54) is 6.07 Å². The Morgan fingerprint density at radius 1 is 1.00 bits per heavy atom. The highest BCUT2D eigenvalue weighted by Gasteiger charge is 2.17. The monoisotopic (exact) mass is 346 g/mol. The van der Waals surface area contributed by atoms with Crippen molar-refractivity contribution in [2.24, 2.45) is 0 Å². The second-order valence-electron chi connectivity index (χ2n) is 5.37. The predicted molar refractivity (Wildman–Crippen MR) is 98.0 cm³/mol. The Hall–Kier alpha value is -3.85. The number of hydrogen-bond donors (Lipinski definition) is 2. The molecule has 0 unspecified atom stereocenters. The van der Waals surface area contributed by atoms with Gasteiger partial charge >= 0.3 is 5.63 Å². The van der Waals surface area contributed by atoms with Crippen LogP contribution in [0.5, 0.6) is 0 Å². The van der Waals surface area contributed by atoms with Gasteiger partial charge in [-0.25, -0.2) is 4.79 Å². The quantitative estimate of drug-likeness (QED) is 0.561. The van der Waals surface area contributed by atoms with Gasteiger partial charge in [0.15, 0.2) is 0 Å². The summed E-state index contributed by atoms with van der Waals surface area (Å²) in [6.45, 7) is 0.0649. The Labute approximate surface area is 148 Å². The zero-order valence-electron chi connectivity index (χ0n) is 13.6. The Kier molecular flexibility index (Phi) is 4.81. The first-order chi connectivity index (χ1) is 12.6. The molecule has 1 heterocycles. The fourth-order valence-corrected chi connectivity index (χ4v) is 2.43. The third kappa shape index (κ3) is 3.47. The van der Waals surface area contributed by atoms with Crippen LogP contribution in [0.3, 0.4) is 0 Å². The second-order valence-corrected chi connectivity index (χ2v) is 5.37. The van der Waals surface area contributed by atoms with Gasteiger partial charge in [0.2, 0.25) is 0 Å².